The van der Waals surface area contributed by atoms with E-state index >= 15 is 0 Å². The number of nitrogens with zero attached hydrogens (tertiary/aromatic N) is 4. The van der Waals surface area contributed by atoms with Crippen molar-refractivity contribution in [1.29, 1.82) is 0 Å². The lowest BCUT2D eigenvalue weighted by Crippen LogP contribution is -2.33. The highest BCUT2D eigenvalue weighted by atomic mass is 16.6. The summed E-state index contributed by atoms with van der Waals surface area (Å²) in [5.41, 5.74) is 6.74. The Balaban J connectivity index is 1.50. The standard InChI is InChI=1S/C20H27N5O4/c21-18-15-19(25(11-22-15)20-17(28)16(27)13(10-26)29-20)24-14(23-18)9-3-1-2-6-12-7-4-5-8-12/h11-13,16-17,20,26-28H,1-2,4-8,10H2,(H2,21,23,24)/t13-,16?,17?,20-/m1/s1. The van der Waals surface area contributed by atoms with Gasteiger partial charge in [0, 0.05) is 6.42 Å². The predicted molar refractivity (Wildman–Crippen MR) is 105 cm³/mol. The lowest BCUT2D eigenvalue weighted by molar-refractivity contribution is -0.0511. The van der Waals surface area contributed by atoms with Crippen molar-refractivity contribution >= 4 is 17.0 Å². The molecule has 29 heavy (non-hydrogen) atoms. The van der Waals surface area contributed by atoms with Crippen LogP contribution in [0.25, 0.3) is 11.2 Å². The molecule has 0 aromatic carbocycles. The van der Waals surface area contributed by atoms with Gasteiger partial charge < -0.3 is 25.8 Å². The lowest BCUT2D eigenvalue weighted by Gasteiger charge is -2.16. The van der Waals surface area contributed by atoms with Gasteiger partial charge >= 0.3 is 0 Å². The summed E-state index contributed by atoms with van der Waals surface area (Å²) >= 11 is 0. The summed E-state index contributed by atoms with van der Waals surface area (Å²) in [6, 6.07) is 0. The van der Waals surface area contributed by atoms with Gasteiger partial charge in [0.2, 0.25) is 5.82 Å². The first-order chi connectivity index (χ1) is 14.1. The van der Waals surface area contributed by atoms with Gasteiger partial charge in [0.1, 0.15) is 23.8 Å². The molecule has 0 radical (unpaired) electrons. The number of anilines is 1. The number of fused-ring (bicyclic) bond motifs is 1. The number of aliphatic hydroxyl groups excluding tert-OH is 3. The van der Waals surface area contributed by atoms with Crippen LogP contribution in [0.5, 0.6) is 0 Å². The van der Waals surface area contributed by atoms with Crippen molar-refractivity contribution < 1.29 is 20.1 Å². The second-order valence-electron chi connectivity index (χ2n) is 7.83. The Morgan fingerprint density at radius 3 is 2.72 bits per heavy atom. The number of aliphatic hydroxyl groups is 3. The van der Waals surface area contributed by atoms with E-state index in [0.717, 1.165) is 18.8 Å². The fraction of sp³-hybridized carbons (Fsp3) is 0.650. The van der Waals surface area contributed by atoms with Gasteiger partial charge in [-0.15, -0.1) is 0 Å². The van der Waals surface area contributed by atoms with E-state index in [2.05, 4.69) is 26.8 Å². The quantitative estimate of drug-likeness (QED) is 0.425. The van der Waals surface area contributed by atoms with Gasteiger partial charge in [-0.2, -0.15) is 0 Å². The van der Waals surface area contributed by atoms with E-state index in [1.165, 1.54) is 43.0 Å². The minimum absolute atomic E-state index is 0.191. The number of aromatic nitrogens is 4. The van der Waals surface area contributed by atoms with Gasteiger partial charge in [0.05, 0.1) is 12.9 Å². The second kappa shape index (κ2) is 8.63. The normalized spacial score (nSPS) is 27.4. The van der Waals surface area contributed by atoms with E-state index in [1.807, 2.05) is 0 Å². The molecule has 3 heterocycles. The van der Waals surface area contributed by atoms with Crippen LogP contribution in [0.3, 0.4) is 0 Å². The molecule has 156 valence electrons. The Kier molecular flexibility index (Phi) is 5.96. The van der Waals surface area contributed by atoms with Crippen LogP contribution in [0.15, 0.2) is 6.33 Å². The molecule has 4 rings (SSSR count). The number of hydrogen-bond acceptors (Lipinski definition) is 8. The van der Waals surface area contributed by atoms with Gasteiger partial charge in [-0.05, 0) is 24.7 Å². The Hall–Kier alpha value is -2.25. The van der Waals surface area contributed by atoms with Crippen molar-refractivity contribution in [3.8, 4) is 11.8 Å². The molecule has 2 fully saturated rings. The topological polar surface area (TPSA) is 140 Å². The first kappa shape index (κ1) is 20.0. The third-order valence-corrected chi connectivity index (χ3v) is 5.83. The second-order valence-corrected chi connectivity index (χ2v) is 7.83. The van der Waals surface area contributed by atoms with E-state index in [-0.39, 0.29) is 11.6 Å². The van der Waals surface area contributed by atoms with Crippen LogP contribution in [-0.4, -0.2) is 59.8 Å². The van der Waals surface area contributed by atoms with E-state index in [0.29, 0.717) is 11.2 Å². The maximum atomic E-state index is 10.3. The average molecular weight is 401 g/mol. The maximum Gasteiger partial charge on any atom is 0.208 e. The van der Waals surface area contributed by atoms with Gasteiger partial charge in [-0.1, -0.05) is 31.6 Å². The SMILES string of the molecule is Nc1nc(C#CCCCC2CCCC2)nc2c1ncn2[C@@H]1O[C@H](CO)C(O)C1O. The predicted octanol–water partition coefficient (Wildman–Crippen LogP) is 0.732. The fourth-order valence-corrected chi connectivity index (χ4v) is 4.21. The Morgan fingerprint density at radius 1 is 1.21 bits per heavy atom. The molecule has 2 aromatic rings. The van der Waals surface area contributed by atoms with Gasteiger partial charge in [0.25, 0.3) is 0 Å². The van der Waals surface area contributed by atoms with Crippen molar-refractivity contribution in [3.05, 3.63) is 12.2 Å². The molecule has 2 aliphatic rings. The van der Waals surface area contributed by atoms with Crippen molar-refractivity contribution in [1.82, 2.24) is 19.5 Å². The van der Waals surface area contributed by atoms with Crippen molar-refractivity contribution in [2.24, 2.45) is 5.92 Å². The largest absolute Gasteiger partial charge is 0.394 e. The van der Waals surface area contributed by atoms with Crippen LogP contribution in [0.2, 0.25) is 0 Å². The Bertz CT molecular complexity index is 915. The molecule has 2 aromatic heterocycles. The molecule has 1 aliphatic heterocycles. The molecule has 0 spiro atoms. The molecule has 9 heteroatoms. The highest BCUT2D eigenvalue weighted by molar-refractivity contribution is 5.82. The lowest BCUT2D eigenvalue weighted by atomic mass is 10.0. The highest BCUT2D eigenvalue weighted by Crippen LogP contribution is 2.32. The molecule has 5 N–H and O–H groups in total. The number of hydrogen-bond donors (Lipinski definition) is 4. The smallest absolute Gasteiger partial charge is 0.208 e. The van der Waals surface area contributed by atoms with Gasteiger partial charge in [0.15, 0.2) is 17.7 Å². The molecule has 1 saturated heterocycles. The molecule has 1 aliphatic carbocycles. The van der Waals surface area contributed by atoms with Crippen molar-refractivity contribution in [2.45, 2.75) is 69.5 Å². The number of nitrogen functional groups attached to an aromatic ring is 1. The molecular formula is C20H27N5O4. The van der Waals surface area contributed by atoms with Crippen LogP contribution in [-0.2, 0) is 4.74 Å². The highest BCUT2D eigenvalue weighted by Gasteiger charge is 2.44. The minimum atomic E-state index is -1.23. The van der Waals surface area contributed by atoms with Crippen LogP contribution >= 0.6 is 0 Å². The summed E-state index contributed by atoms with van der Waals surface area (Å²) in [5.74, 6) is 7.41. The first-order valence-electron chi connectivity index (χ1n) is 10.2. The van der Waals surface area contributed by atoms with Crippen LogP contribution in [0, 0.1) is 17.8 Å². The summed E-state index contributed by atoms with van der Waals surface area (Å²) in [6.07, 6.45) is 5.62. The summed E-state index contributed by atoms with van der Waals surface area (Å²) < 4.78 is 7.05. The number of rotatable bonds is 5. The molecule has 0 amide bonds. The number of ether oxygens (including phenoxy) is 1. The van der Waals surface area contributed by atoms with Crippen molar-refractivity contribution in [2.75, 3.05) is 12.3 Å². The summed E-state index contributed by atoms with van der Waals surface area (Å²) in [5, 5.41) is 29.6. The maximum absolute atomic E-state index is 10.3. The Morgan fingerprint density at radius 2 is 2.00 bits per heavy atom. The minimum Gasteiger partial charge on any atom is -0.394 e. The van der Waals surface area contributed by atoms with Gasteiger partial charge in [-0.3, -0.25) is 4.57 Å². The van der Waals surface area contributed by atoms with Crippen LogP contribution in [0.4, 0.5) is 5.82 Å². The number of nitrogens with two attached hydrogens (primary N) is 1. The fourth-order valence-electron chi connectivity index (χ4n) is 4.21. The zero-order valence-electron chi connectivity index (χ0n) is 16.2. The molecule has 2 unspecified atom stereocenters. The monoisotopic (exact) mass is 401 g/mol. The van der Waals surface area contributed by atoms with Crippen LogP contribution in [0.1, 0.15) is 57.0 Å². The average Bonchev–Trinajstić information content (AvgIpc) is 3.43. The summed E-state index contributed by atoms with van der Waals surface area (Å²) in [4.78, 5) is 12.8. The number of unbranched alkanes of at least 4 members (excludes halogenated alkanes) is 1. The van der Waals surface area contributed by atoms with E-state index in [9.17, 15) is 15.3 Å². The molecule has 4 atom stereocenters. The third kappa shape index (κ3) is 4.07. The Labute approximate surface area is 168 Å². The molecular weight excluding hydrogens is 374 g/mol. The summed E-state index contributed by atoms with van der Waals surface area (Å²) in [6.45, 7) is -0.407. The molecule has 9 nitrogen and oxygen atoms in total. The molecule has 0 bridgehead atoms. The third-order valence-electron chi connectivity index (χ3n) is 5.83. The van der Waals surface area contributed by atoms with Gasteiger partial charge in [-0.25, -0.2) is 15.0 Å². The molecule has 1 saturated carbocycles. The van der Waals surface area contributed by atoms with E-state index in [1.54, 1.807) is 0 Å². The van der Waals surface area contributed by atoms with E-state index < -0.39 is 31.1 Å². The van der Waals surface area contributed by atoms with Crippen LogP contribution < -0.4 is 5.73 Å². The zero-order valence-corrected chi connectivity index (χ0v) is 16.2. The van der Waals surface area contributed by atoms with E-state index in [4.69, 9.17) is 10.5 Å². The first-order valence-corrected chi connectivity index (χ1v) is 10.2. The summed E-state index contributed by atoms with van der Waals surface area (Å²) in [7, 11) is 0. The zero-order chi connectivity index (χ0) is 20.4. The number of imidazole rings is 1. The van der Waals surface area contributed by atoms with Crippen molar-refractivity contribution in [3.63, 3.8) is 0 Å².